The Bertz CT molecular complexity index is 1620. The molecule has 0 bridgehead atoms. The van der Waals surface area contributed by atoms with Crippen LogP contribution < -0.4 is 33.7 Å². The van der Waals surface area contributed by atoms with Gasteiger partial charge in [-0.15, -0.1) is 11.3 Å². The molecule has 2 unspecified atom stereocenters. The molecule has 9 nitrogen and oxygen atoms in total. The molecule has 0 spiro atoms. The van der Waals surface area contributed by atoms with Gasteiger partial charge in [0, 0.05) is 5.92 Å². The molecule has 2 heterocycles. The highest BCUT2D eigenvalue weighted by Crippen LogP contribution is 2.39. The standard InChI is InChI=1S/C26H22N4O5S/c1-32-18-7-5-14(9-20(18)34-3)10-22-25(31)30-24(29)16(12-27)23(17(13-28)26(30)36-22)15-6-8-19(33-2)21(11-15)35-4/h5-11,16,23,29H,1-4H3/b22-10-,29-24?. The predicted molar refractivity (Wildman–Crippen MR) is 134 cm³/mol. The second kappa shape index (κ2) is 9.98. The van der Waals surface area contributed by atoms with Crippen molar-refractivity contribution in [1.29, 1.82) is 15.9 Å². The molecule has 1 aliphatic rings. The SMILES string of the molecule is COc1ccc(/C=c2\sc3n(c2=O)C(=N)C(C#N)C(c2ccc(OC)c(OC)c2)C=3C#N)cc1OC. The number of thiazole rings is 1. The van der Waals surface area contributed by atoms with Crippen LogP contribution in [-0.2, 0) is 0 Å². The highest BCUT2D eigenvalue weighted by atomic mass is 32.1. The van der Waals surface area contributed by atoms with E-state index in [1.165, 1.54) is 28.4 Å². The van der Waals surface area contributed by atoms with Gasteiger partial charge < -0.3 is 18.9 Å². The van der Waals surface area contributed by atoms with Crippen LogP contribution in [0.4, 0.5) is 0 Å². The lowest BCUT2D eigenvalue weighted by atomic mass is 9.79. The number of rotatable bonds is 6. The van der Waals surface area contributed by atoms with E-state index in [0.717, 1.165) is 15.9 Å². The molecule has 1 N–H and O–H groups in total. The van der Waals surface area contributed by atoms with Gasteiger partial charge in [0.15, 0.2) is 23.0 Å². The van der Waals surface area contributed by atoms with E-state index in [1.54, 1.807) is 42.5 Å². The van der Waals surface area contributed by atoms with Gasteiger partial charge in [0.2, 0.25) is 0 Å². The summed E-state index contributed by atoms with van der Waals surface area (Å²) in [5.41, 5.74) is 1.06. The van der Waals surface area contributed by atoms with Crippen LogP contribution in [-0.4, -0.2) is 38.8 Å². The zero-order chi connectivity index (χ0) is 26.0. The van der Waals surface area contributed by atoms with Crippen molar-refractivity contribution in [3.05, 3.63) is 67.1 Å². The summed E-state index contributed by atoms with van der Waals surface area (Å²) < 4.78 is 23.1. The Morgan fingerprint density at radius 2 is 1.56 bits per heavy atom. The molecule has 0 radical (unpaired) electrons. The second-order valence-corrected chi connectivity index (χ2v) is 8.81. The Morgan fingerprint density at radius 1 is 0.944 bits per heavy atom. The summed E-state index contributed by atoms with van der Waals surface area (Å²) in [4.78, 5) is 13.3. The minimum atomic E-state index is -1.05. The summed E-state index contributed by atoms with van der Waals surface area (Å²) in [5.74, 6) is 0.00693. The highest BCUT2D eigenvalue weighted by Gasteiger charge is 2.38. The summed E-state index contributed by atoms with van der Waals surface area (Å²) in [5, 5.41) is 28.8. The van der Waals surface area contributed by atoms with Crippen molar-refractivity contribution >= 4 is 28.8 Å². The summed E-state index contributed by atoms with van der Waals surface area (Å²) in [7, 11) is 6.06. The molecule has 0 aliphatic carbocycles. The Balaban J connectivity index is 1.97. The molecule has 2 aromatic carbocycles. The summed E-state index contributed by atoms with van der Waals surface area (Å²) in [6, 6.07) is 14.7. The third kappa shape index (κ3) is 3.98. The van der Waals surface area contributed by atoms with Crippen LogP contribution in [0.15, 0.2) is 41.2 Å². The van der Waals surface area contributed by atoms with Gasteiger partial charge in [0.05, 0.1) is 50.7 Å². The molecule has 0 amide bonds. The molecule has 2 atom stereocenters. The van der Waals surface area contributed by atoms with Crippen molar-refractivity contribution < 1.29 is 18.9 Å². The fraction of sp³-hybridized carbons (Fsp3) is 0.231. The van der Waals surface area contributed by atoms with Gasteiger partial charge in [-0.05, 0) is 41.5 Å². The quantitative estimate of drug-likeness (QED) is 0.547. The molecule has 0 saturated heterocycles. The lowest BCUT2D eigenvalue weighted by Crippen LogP contribution is -2.45. The molecule has 10 heteroatoms. The first-order valence-corrected chi connectivity index (χ1v) is 11.5. The number of ether oxygens (including phenoxy) is 4. The van der Waals surface area contributed by atoms with Crippen LogP contribution in [0.3, 0.4) is 0 Å². The van der Waals surface area contributed by atoms with E-state index < -0.39 is 17.4 Å². The van der Waals surface area contributed by atoms with Crippen LogP contribution in [0.1, 0.15) is 17.0 Å². The van der Waals surface area contributed by atoms with E-state index in [4.69, 9.17) is 24.4 Å². The van der Waals surface area contributed by atoms with Crippen molar-refractivity contribution in [2.75, 3.05) is 28.4 Å². The molecular weight excluding hydrogens is 480 g/mol. The molecule has 0 fully saturated rings. The van der Waals surface area contributed by atoms with Gasteiger partial charge >= 0.3 is 0 Å². The number of methoxy groups -OCH3 is 4. The lowest BCUT2D eigenvalue weighted by Gasteiger charge is -2.27. The summed E-state index contributed by atoms with van der Waals surface area (Å²) in [6.07, 6.45) is 1.66. The van der Waals surface area contributed by atoms with Crippen LogP contribution in [0.2, 0.25) is 0 Å². The third-order valence-electron chi connectivity index (χ3n) is 5.97. The molecule has 182 valence electrons. The molecule has 4 rings (SSSR count). The maximum absolute atomic E-state index is 13.3. The largest absolute Gasteiger partial charge is 0.493 e. The molecular formula is C26H22N4O5S. The van der Waals surface area contributed by atoms with Crippen molar-refractivity contribution in [3.63, 3.8) is 0 Å². The second-order valence-electron chi connectivity index (χ2n) is 7.78. The third-order valence-corrected chi connectivity index (χ3v) is 7.07. The Morgan fingerprint density at radius 3 is 2.14 bits per heavy atom. The van der Waals surface area contributed by atoms with Crippen molar-refractivity contribution in [2.45, 2.75) is 5.92 Å². The number of aromatic nitrogens is 1. The Kier molecular flexibility index (Phi) is 6.82. The van der Waals surface area contributed by atoms with E-state index in [1.807, 2.05) is 0 Å². The summed E-state index contributed by atoms with van der Waals surface area (Å²) >= 11 is 1.10. The molecule has 1 aromatic heterocycles. The first-order valence-electron chi connectivity index (χ1n) is 10.7. The normalized spacial score (nSPS) is 17.1. The van der Waals surface area contributed by atoms with E-state index in [-0.39, 0.29) is 11.4 Å². The smallest absolute Gasteiger partial charge is 0.274 e. The number of benzene rings is 2. The number of hydrogen-bond donors (Lipinski definition) is 1. The van der Waals surface area contributed by atoms with Crippen molar-refractivity contribution in [3.8, 4) is 35.1 Å². The monoisotopic (exact) mass is 502 g/mol. The van der Waals surface area contributed by atoms with Gasteiger partial charge in [-0.2, -0.15) is 10.5 Å². The molecule has 1 aliphatic heterocycles. The topological polar surface area (TPSA) is 130 Å². The molecule has 36 heavy (non-hydrogen) atoms. The minimum absolute atomic E-state index is 0.181. The van der Waals surface area contributed by atoms with Gasteiger partial charge in [0.1, 0.15) is 16.4 Å². The summed E-state index contributed by atoms with van der Waals surface area (Å²) in [6.45, 7) is 0. The molecule has 0 saturated carbocycles. The van der Waals surface area contributed by atoms with Gasteiger partial charge in [-0.25, -0.2) is 0 Å². The minimum Gasteiger partial charge on any atom is -0.493 e. The van der Waals surface area contributed by atoms with Gasteiger partial charge in [-0.3, -0.25) is 14.8 Å². The van der Waals surface area contributed by atoms with Crippen molar-refractivity contribution in [1.82, 2.24) is 4.57 Å². The van der Waals surface area contributed by atoms with Gasteiger partial charge in [-0.1, -0.05) is 12.1 Å². The fourth-order valence-corrected chi connectivity index (χ4v) is 5.37. The first kappa shape index (κ1) is 24.6. The van der Waals surface area contributed by atoms with Crippen molar-refractivity contribution in [2.24, 2.45) is 5.92 Å². The average Bonchev–Trinajstić information content (AvgIpc) is 3.23. The number of hydrogen-bond acceptors (Lipinski definition) is 9. The van der Waals surface area contributed by atoms with E-state index in [0.29, 0.717) is 43.3 Å². The zero-order valence-electron chi connectivity index (χ0n) is 20.0. The van der Waals surface area contributed by atoms with Gasteiger partial charge in [0.25, 0.3) is 5.56 Å². The number of nitriles is 2. The first-order chi connectivity index (χ1) is 17.4. The lowest BCUT2D eigenvalue weighted by molar-refractivity contribution is 0.354. The van der Waals surface area contributed by atoms with Crippen LogP contribution in [0, 0.1) is 34.0 Å². The van der Waals surface area contributed by atoms with Crippen LogP contribution in [0.25, 0.3) is 11.6 Å². The zero-order valence-corrected chi connectivity index (χ0v) is 20.8. The fourth-order valence-electron chi connectivity index (χ4n) is 4.23. The van der Waals surface area contributed by atoms with E-state index >= 15 is 0 Å². The average molecular weight is 503 g/mol. The van der Waals surface area contributed by atoms with E-state index in [9.17, 15) is 15.3 Å². The maximum atomic E-state index is 13.3. The Labute approximate surface area is 210 Å². The number of nitrogens with zero attached hydrogens (tertiary/aromatic N) is 3. The Hall–Kier alpha value is -4.54. The highest BCUT2D eigenvalue weighted by molar-refractivity contribution is 7.07. The maximum Gasteiger partial charge on any atom is 0.274 e. The molecule has 3 aromatic rings. The van der Waals surface area contributed by atoms with Crippen LogP contribution in [0.5, 0.6) is 23.0 Å². The van der Waals surface area contributed by atoms with Crippen LogP contribution >= 0.6 is 11.3 Å². The number of nitrogens with one attached hydrogen (secondary N) is 1. The van der Waals surface area contributed by atoms with E-state index in [2.05, 4.69) is 12.1 Å². The predicted octanol–water partition coefficient (Wildman–Crippen LogP) is 2.21. The number of fused-ring (bicyclic) bond motifs is 1.